The van der Waals surface area contributed by atoms with Crippen molar-refractivity contribution in [2.24, 2.45) is 0 Å². The van der Waals surface area contributed by atoms with E-state index in [1.165, 1.54) is 11.3 Å². The van der Waals surface area contributed by atoms with Crippen LogP contribution in [0.4, 0.5) is 0 Å². The van der Waals surface area contributed by atoms with Gasteiger partial charge < -0.3 is 15.6 Å². The molecule has 0 aliphatic heterocycles. The van der Waals surface area contributed by atoms with Gasteiger partial charge in [-0.1, -0.05) is 27.7 Å². The van der Waals surface area contributed by atoms with E-state index < -0.39 is 0 Å². The number of thiazole rings is 1. The second-order valence-electron chi connectivity index (χ2n) is 7.63. The lowest BCUT2D eigenvalue weighted by Crippen LogP contribution is -2.35. The summed E-state index contributed by atoms with van der Waals surface area (Å²) in [6, 6.07) is 5.76. The zero-order valence-electron chi connectivity index (χ0n) is 17.7. The third kappa shape index (κ3) is 5.20. The molecule has 3 N–H and O–H groups in total. The first-order valence-corrected chi connectivity index (χ1v) is 10.9. The summed E-state index contributed by atoms with van der Waals surface area (Å²) < 4.78 is 0. The van der Waals surface area contributed by atoms with Crippen molar-refractivity contribution < 1.29 is 4.79 Å². The highest BCUT2D eigenvalue weighted by Crippen LogP contribution is 2.28. The standard InChI is InChI=1S/C22H27N5O2S/c1-13(2)19-17(20(28)25-10-9-24-14(3)4)11-16(21(29)27-19)18-12-30-22(26-18)15-5-7-23-8-6-15/h5-8,11-14,24H,9-10H2,1-4H3,(H,25,28)(H,27,29). The molecular formula is C22H27N5O2S. The molecule has 0 spiro atoms. The third-order valence-electron chi connectivity index (χ3n) is 4.56. The first-order chi connectivity index (χ1) is 14.4. The molecule has 0 saturated heterocycles. The van der Waals surface area contributed by atoms with Gasteiger partial charge in [0.25, 0.3) is 11.5 Å². The van der Waals surface area contributed by atoms with Crippen LogP contribution in [0.3, 0.4) is 0 Å². The summed E-state index contributed by atoms with van der Waals surface area (Å²) in [7, 11) is 0. The molecule has 0 atom stereocenters. The van der Waals surface area contributed by atoms with Gasteiger partial charge in [0.05, 0.1) is 16.8 Å². The van der Waals surface area contributed by atoms with Crippen LogP contribution in [0.2, 0.25) is 0 Å². The van der Waals surface area contributed by atoms with Crippen LogP contribution in [0.15, 0.2) is 40.8 Å². The molecule has 0 radical (unpaired) electrons. The van der Waals surface area contributed by atoms with E-state index in [1.807, 2.05) is 31.4 Å². The molecule has 0 aromatic carbocycles. The molecular weight excluding hydrogens is 398 g/mol. The Bertz CT molecular complexity index is 1060. The molecule has 1 amide bonds. The zero-order valence-corrected chi connectivity index (χ0v) is 18.5. The molecule has 0 unspecified atom stereocenters. The van der Waals surface area contributed by atoms with Crippen molar-refractivity contribution in [3.8, 4) is 21.8 Å². The third-order valence-corrected chi connectivity index (χ3v) is 5.46. The quantitative estimate of drug-likeness (QED) is 0.480. The molecule has 3 heterocycles. The molecule has 7 nitrogen and oxygen atoms in total. The van der Waals surface area contributed by atoms with Crippen molar-refractivity contribution in [2.75, 3.05) is 13.1 Å². The number of hydrogen-bond acceptors (Lipinski definition) is 6. The van der Waals surface area contributed by atoms with Gasteiger partial charge in [-0.2, -0.15) is 0 Å². The molecule has 0 aliphatic rings. The average Bonchev–Trinajstić information content (AvgIpc) is 3.21. The Morgan fingerprint density at radius 3 is 2.57 bits per heavy atom. The number of H-pyrrole nitrogens is 1. The number of rotatable bonds is 8. The Morgan fingerprint density at radius 2 is 1.90 bits per heavy atom. The number of pyridine rings is 2. The predicted octanol–water partition coefficient (Wildman–Crippen LogP) is 3.41. The molecule has 158 valence electrons. The highest BCUT2D eigenvalue weighted by Gasteiger charge is 2.19. The molecule has 0 saturated carbocycles. The maximum absolute atomic E-state index is 12.9. The largest absolute Gasteiger partial charge is 0.351 e. The number of nitrogens with one attached hydrogen (secondary N) is 3. The Balaban J connectivity index is 1.91. The Labute approximate surface area is 180 Å². The summed E-state index contributed by atoms with van der Waals surface area (Å²) in [5, 5.41) is 8.83. The highest BCUT2D eigenvalue weighted by molar-refractivity contribution is 7.13. The van der Waals surface area contributed by atoms with Crippen LogP contribution in [0.1, 0.15) is 49.7 Å². The van der Waals surface area contributed by atoms with Crippen LogP contribution in [0, 0.1) is 0 Å². The predicted molar refractivity (Wildman–Crippen MR) is 121 cm³/mol. The second-order valence-corrected chi connectivity index (χ2v) is 8.49. The fourth-order valence-corrected chi connectivity index (χ4v) is 3.86. The van der Waals surface area contributed by atoms with E-state index in [0.717, 1.165) is 10.6 Å². The summed E-state index contributed by atoms with van der Waals surface area (Å²) in [6.45, 7) is 9.20. The Kier molecular flexibility index (Phi) is 7.12. The van der Waals surface area contributed by atoms with E-state index in [9.17, 15) is 9.59 Å². The molecule has 0 aliphatic carbocycles. The maximum Gasteiger partial charge on any atom is 0.257 e. The van der Waals surface area contributed by atoms with Gasteiger partial charge in [0.15, 0.2) is 0 Å². The lowest BCUT2D eigenvalue weighted by Gasteiger charge is -2.14. The van der Waals surface area contributed by atoms with E-state index in [0.29, 0.717) is 41.6 Å². The fourth-order valence-electron chi connectivity index (χ4n) is 3.03. The van der Waals surface area contributed by atoms with Crippen LogP contribution in [0.5, 0.6) is 0 Å². The smallest absolute Gasteiger partial charge is 0.257 e. The van der Waals surface area contributed by atoms with Gasteiger partial charge in [-0.05, 0) is 24.1 Å². The van der Waals surface area contributed by atoms with Crippen LogP contribution >= 0.6 is 11.3 Å². The number of carbonyl (C=O) groups is 1. The number of hydrogen-bond donors (Lipinski definition) is 3. The van der Waals surface area contributed by atoms with E-state index in [4.69, 9.17) is 0 Å². The fraction of sp³-hybridized carbons (Fsp3) is 0.364. The number of aromatic amines is 1. The summed E-state index contributed by atoms with van der Waals surface area (Å²) >= 11 is 1.45. The molecule has 3 aromatic rings. The first kappa shape index (κ1) is 21.9. The van der Waals surface area contributed by atoms with Crippen molar-refractivity contribution in [1.82, 2.24) is 25.6 Å². The minimum Gasteiger partial charge on any atom is -0.351 e. The summed E-state index contributed by atoms with van der Waals surface area (Å²) in [5.74, 6) is -0.199. The van der Waals surface area contributed by atoms with Crippen molar-refractivity contribution in [2.45, 2.75) is 39.7 Å². The van der Waals surface area contributed by atoms with Crippen molar-refractivity contribution in [3.63, 3.8) is 0 Å². The van der Waals surface area contributed by atoms with Gasteiger partial charge in [0.1, 0.15) is 5.01 Å². The highest BCUT2D eigenvalue weighted by atomic mass is 32.1. The summed E-state index contributed by atoms with van der Waals surface area (Å²) in [5.41, 5.74) is 2.74. The van der Waals surface area contributed by atoms with Gasteiger partial charge >= 0.3 is 0 Å². The Morgan fingerprint density at radius 1 is 1.17 bits per heavy atom. The van der Waals surface area contributed by atoms with Crippen LogP contribution in [-0.4, -0.2) is 40.0 Å². The minimum absolute atomic E-state index is 0.00380. The zero-order chi connectivity index (χ0) is 21.7. The van der Waals surface area contributed by atoms with E-state index in [2.05, 4.69) is 39.4 Å². The number of carbonyl (C=O) groups excluding carboxylic acids is 1. The maximum atomic E-state index is 12.9. The van der Waals surface area contributed by atoms with Crippen molar-refractivity contribution in [1.29, 1.82) is 0 Å². The molecule has 8 heteroatoms. The number of nitrogens with zero attached hydrogens (tertiary/aromatic N) is 2. The van der Waals surface area contributed by atoms with Gasteiger partial charge in [-0.15, -0.1) is 11.3 Å². The summed E-state index contributed by atoms with van der Waals surface area (Å²) in [6.07, 6.45) is 3.41. The lowest BCUT2D eigenvalue weighted by atomic mass is 10.0. The van der Waals surface area contributed by atoms with E-state index >= 15 is 0 Å². The summed E-state index contributed by atoms with van der Waals surface area (Å²) in [4.78, 5) is 37.1. The van der Waals surface area contributed by atoms with Gasteiger partial charge in [-0.25, -0.2) is 4.98 Å². The second kappa shape index (κ2) is 9.77. The van der Waals surface area contributed by atoms with Gasteiger partial charge in [0, 0.05) is 48.2 Å². The van der Waals surface area contributed by atoms with Crippen molar-refractivity contribution >= 4 is 17.2 Å². The van der Waals surface area contributed by atoms with Crippen LogP contribution < -0.4 is 16.2 Å². The van der Waals surface area contributed by atoms with Gasteiger partial charge in [0.2, 0.25) is 0 Å². The normalized spacial score (nSPS) is 11.3. The number of aromatic nitrogens is 3. The molecule has 0 fully saturated rings. The lowest BCUT2D eigenvalue weighted by molar-refractivity contribution is 0.0952. The monoisotopic (exact) mass is 425 g/mol. The molecule has 3 rings (SSSR count). The van der Waals surface area contributed by atoms with Gasteiger partial charge in [-0.3, -0.25) is 14.6 Å². The van der Waals surface area contributed by atoms with E-state index in [1.54, 1.807) is 18.5 Å². The SMILES string of the molecule is CC(C)NCCNC(=O)c1cc(-c2csc(-c3ccncc3)n2)c(=O)[nH]c1C(C)C. The molecule has 3 aromatic heterocycles. The van der Waals surface area contributed by atoms with E-state index in [-0.39, 0.29) is 17.4 Å². The molecule has 30 heavy (non-hydrogen) atoms. The number of amides is 1. The van der Waals surface area contributed by atoms with Crippen molar-refractivity contribution in [3.05, 3.63) is 57.6 Å². The topological polar surface area (TPSA) is 99.8 Å². The van der Waals surface area contributed by atoms with Crippen LogP contribution in [-0.2, 0) is 0 Å². The average molecular weight is 426 g/mol. The first-order valence-electron chi connectivity index (χ1n) is 10.0. The Hall–Kier alpha value is -2.84. The van der Waals surface area contributed by atoms with Crippen LogP contribution in [0.25, 0.3) is 21.8 Å². The minimum atomic E-state index is -0.247. The molecule has 0 bridgehead atoms.